The fourth-order valence-electron chi connectivity index (χ4n) is 2.77. The highest BCUT2D eigenvalue weighted by Gasteiger charge is 2.23. The van der Waals surface area contributed by atoms with Crippen LogP contribution in [0.1, 0.15) is 34.9 Å². The Morgan fingerprint density at radius 2 is 2.14 bits per heavy atom. The van der Waals surface area contributed by atoms with Crippen molar-refractivity contribution in [2.45, 2.75) is 26.2 Å². The maximum Gasteiger partial charge on any atom is 0.134 e. The van der Waals surface area contributed by atoms with Crippen LogP contribution < -0.4 is 0 Å². The maximum absolute atomic E-state index is 9.43. The summed E-state index contributed by atoms with van der Waals surface area (Å²) in [6, 6.07) is 12.5. The molecule has 0 aliphatic heterocycles. The predicted octanol–water partition coefficient (Wildman–Crippen LogP) is 5.16. The molecule has 0 radical (unpaired) electrons. The molecule has 0 saturated carbocycles. The van der Waals surface area contributed by atoms with Crippen LogP contribution in [0, 0.1) is 17.2 Å². The molecular weight excluding hydrogens is 288 g/mol. The van der Waals surface area contributed by atoms with Gasteiger partial charge >= 0.3 is 0 Å². The molecular formula is C19H18N2S. The van der Waals surface area contributed by atoms with Crippen molar-refractivity contribution in [3.8, 4) is 6.07 Å². The molecule has 3 rings (SSSR count). The number of aliphatic imine (C=N–C) groups is 1. The normalized spacial score (nSPS) is 17.7. The summed E-state index contributed by atoms with van der Waals surface area (Å²) in [4.78, 5) is 5.86. The third-order valence-electron chi connectivity index (χ3n) is 3.97. The zero-order chi connectivity index (χ0) is 15.4. The van der Waals surface area contributed by atoms with Crippen LogP contribution in [0.25, 0.3) is 6.08 Å². The predicted molar refractivity (Wildman–Crippen MR) is 93.9 cm³/mol. The minimum absolute atomic E-state index is 0.715. The molecule has 1 aromatic heterocycles. The van der Waals surface area contributed by atoms with E-state index in [1.165, 1.54) is 16.9 Å². The summed E-state index contributed by atoms with van der Waals surface area (Å²) >= 11 is 1.68. The van der Waals surface area contributed by atoms with Crippen molar-refractivity contribution in [1.82, 2.24) is 0 Å². The molecule has 110 valence electrons. The van der Waals surface area contributed by atoms with E-state index in [2.05, 4.69) is 30.1 Å². The Balaban J connectivity index is 1.79. The first kappa shape index (κ1) is 14.7. The third kappa shape index (κ3) is 3.18. The number of fused-ring (bicyclic) bond motifs is 1. The molecule has 0 unspecified atom stereocenters. The van der Waals surface area contributed by atoms with Crippen molar-refractivity contribution in [3.63, 3.8) is 0 Å². The van der Waals surface area contributed by atoms with Gasteiger partial charge in [-0.05, 0) is 42.4 Å². The van der Waals surface area contributed by atoms with Gasteiger partial charge in [-0.15, -0.1) is 11.3 Å². The lowest BCUT2D eigenvalue weighted by Crippen LogP contribution is -2.09. The minimum Gasteiger partial charge on any atom is -0.245 e. The van der Waals surface area contributed by atoms with Crippen molar-refractivity contribution in [2.75, 3.05) is 0 Å². The van der Waals surface area contributed by atoms with Crippen molar-refractivity contribution in [3.05, 3.63) is 58.0 Å². The number of thiophene rings is 1. The van der Waals surface area contributed by atoms with E-state index in [0.29, 0.717) is 5.92 Å². The fraction of sp³-hybridized carbons (Fsp3) is 0.263. The molecule has 0 fully saturated rings. The van der Waals surface area contributed by atoms with E-state index in [1.807, 2.05) is 30.4 Å². The van der Waals surface area contributed by atoms with Gasteiger partial charge in [0.15, 0.2) is 0 Å². The van der Waals surface area contributed by atoms with Crippen LogP contribution in [0.5, 0.6) is 0 Å². The summed E-state index contributed by atoms with van der Waals surface area (Å²) in [5.74, 6) is 0.715. The van der Waals surface area contributed by atoms with Gasteiger partial charge in [0.05, 0.1) is 5.56 Å². The zero-order valence-corrected chi connectivity index (χ0v) is 13.4. The van der Waals surface area contributed by atoms with E-state index in [4.69, 9.17) is 0 Å². The van der Waals surface area contributed by atoms with Gasteiger partial charge in [-0.1, -0.05) is 43.3 Å². The van der Waals surface area contributed by atoms with Gasteiger partial charge in [0, 0.05) is 11.1 Å². The van der Waals surface area contributed by atoms with E-state index in [9.17, 15) is 5.26 Å². The lowest BCUT2D eigenvalue weighted by atomic mass is 9.89. The summed E-state index contributed by atoms with van der Waals surface area (Å²) in [6.07, 6.45) is 9.02. The molecule has 0 saturated heterocycles. The van der Waals surface area contributed by atoms with Gasteiger partial charge < -0.3 is 0 Å². The maximum atomic E-state index is 9.43. The van der Waals surface area contributed by atoms with E-state index in [0.717, 1.165) is 29.0 Å². The smallest absolute Gasteiger partial charge is 0.134 e. The van der Waals surface area contributed by atoms with Crippen LogP contribution >= 0.6 is 11.3 Å². The van der Waals surface area contributed by atoms with E-state index in [-0.39, 0.29) is 0 Å². The second kappa shape index (κ2) is 6.72. The van der Waals surface area contributed by atoms with Crippen LogP contribution in [-0.4, -0.2) is 6.21 Å². The number of nitrogens with zero attached hydrogens (tertiary/aromatic N) is 2. The summed E-state index contributed by atoms with van der Waals surface area (Å²) in [6.45, 7) is 2.28. The molecule has 1 aromatic carbocycles. The number of hydrogen-bond donors (Lipinski definition) is 0. The minimum atomic E-state index is 0.715. The van der Waals surface area contributed by atoms with Gasteiger partial charge in [0.25, 0.3) is 0 Å². The van der Waals surface area contributed by atoms with Crippen LogP contribution in [0.15, 0.2) is 41.4 Å². The van der Waals surface area contributed by atoms with Crippen LogP contribution in [0.3, 0.4) is 0 Å². The second-order valence-corrected chi connectivity index (χ2v) is 6.78. The molecule has 0 amide bonds. The van der Waals surface area contributed by atoms with E-state index < -0.39 is 0 Å². The third-order valence-corrected chi connectivity index (χ3v) is 5.13. The largest absolute Gasteiger partial charge is 0.245 e. The Bertz CT molecular complexity index is 748. The Morgan fingerprint density at radius 1 is 1.32 bits per heavy atom. The first-order chi connectivity index (χ1) is 10.8. The molecule has 0 bridgehead atoms. The average Bonchev–Trinajstić information content (AvgIpc) is 2.89. The summed E-state index contributed by atoms with van der Waals surface area (Å²) in [7, 11) is 0. The first-order valence-corrected chi connectivity index (χ1v) is 8.40. The van der Waals surface area contributed by atoms with Gasteiger partial charge in [0.2, 0.25) is 0 Å². The molecule has 1 heterocycles. The lowest BCUT2D eigenvalue weighted by Gasteiger charge is -2.17. The Hall–Kier alpha value is -2.18. The Morgan fingerprint density at radius 3 is 2.91 bits per heavy atom. The Labute approximate surface area is 135 Å². The first-order valence-electron chi connectivity index (χ1n) is 7.58. The molecule has 3 heteroatoms. The van der Waals surface area contributed by atoms with Crippen molar-refractivity contribution >= 4 is 28.6 Å². The molecule has 0 N–H and O–H groups in total. The zero-order valence-electron chi connectivity index (χ0n) is 12.6. The molecule has 2 aromatic rings. The molecule has 1 aliphatic carbocycles. The number of allylic oxidation sites excluding steroid dienone is 1. The molecule has 2 nitrogen and oxygen atoms in total. The number of benzene rings is 1. The van der Waals surface area contributed by atoms with Crippen LogP contribution in [0.4, 0.5) is 5.00 Å². The molecule has 0 spiro atoms. The lowest BCUT2D eigenvalue weighted by molar-refractivity contribution is 0.507. The van der Waals surface area contributed by atoms with Gasteiger partial charge in [-0.3, -0.25) is 0 Å². The highest BCUT2D eigenvalue weighted by Crippen LogP contribution is 2.40. The van der Waals surface area contributed by atoms with Crippen molar-refractivity contribution in [2.24, 2.45) is 10.9 Å². The average molecular weight is 306 g/mol. The highest BCUT2D eigenvalue weighted by atomic mass is 32.1. The Kier molecular flexibility index (Phi) is 4.50. The van der Waals surface area contributed by atoms with Gasteiger partial charge in [-0.25, -0.2) is 4.99 Å². The number of rotatable bonds is 3. The second-order valence-electron chi connectivity index (χ2n) is 5.69. The number of nitriles is 1. The SMILES string of the molecule is C[C@H]1CCc2c(sc(N=C/C=C/c3ccccc3)c2C#N)C1. The summed E-state index contributed by atoms with van der Waals surface area (Å²) < 4.78 is 0. The van der Waals surface area contributed by atoms with Crippen molar-refractivity contribution < 1.29 is 0 Å². The summed E-state index contributed by atoms with van der Waals surface area (Å²) in [5, 5.41) is 10.3. The van der Waals surface area contributed by atoms with Crippen LogP contribution in [0.2, 0.25) is 0 Å². The van der Waals surface area contributed by atoms with Gasteiger partial charge in [-0.2, -0.15) is 5.26 Å². The quantitative estimate of drug-likeness (QED) is 0.721. The van der Waals surface area contributed by atoms with Crippen LogP contribution in [-0.2, 0) is 12.8 Å². The molecule has 22 heavy (non-hydrogen) atoms. The highest BCUT2D eigenvalue weighted by molar-refractivity contribution is 7.16. The fourth-order valence-corrected chi connectivity index (χ4v) is 4.08. The van der Waals surface area contributed by atoms with Gasteiger partial charge in [0.1, 0.15) is 11.1 Å². The topological polar surface area (TPSA) is 36.1 Å². The van der Waals surface area contributed by atoms with E-state index >= 15 is 0 Å². The summed E-state index contributed by atoms with van der Waals surface area (Å²) in [5.41, 5.74) is 3.18. The monoisotopic (exact) mass is 306 g/mol. The standard InChI is InChI=1S/C19H18N2S/c1-14-9-10-16-17(13-20)19(22-18(16)12-14)21-11-5-8-15-6-3-2-4-7-15/h2-8,11,14H,9-10,12H2,1H3/b8-5+,21-11?/t14-/m0/s1. The number of hydrogen-bond acceptors (Lipinski definition) is 3. The molecule has 1 atom stereocenters. The molecule has 1 aliphatic rings. The van der Waals surface area contributed by atoms with Crippen molar-refractivity contribution in [1.29, 1.82) is 5.26 Å². The van der Waals surface area contributed by atoms with E-state index in [1.54, 1.807) is 17.6 Å².